The number of fused-ring (bicyclic) bond motifs is 1. The summed E-state index contributed by atoms with van der Waals surface area (Å²) in [6.07, 6.45) is -0.461. The second kappa shape index (κ2) is 9.23. The van der Waals surface area contributed by atoms with Crippen LogP contribution >= 0.6 is 11.6 Å². The van der Waals surface area contributed by atoms with Crippen LogP contribution in [0.1, 0.15) is 28.9 Å². The van der Waals surface area contributed by atoms with Gasteiger partial charge in [0.2, 0.25) is 0 Å². The lowest BCUT2D eigenvalue weighted by molar-refractivity contribution is 0.125. The molecule has 0 bridgehead atoms. The van der Waals surface area contributed by atoms with Crippen LogP contribution in [0, 0.1) is 18.3 Å². The summed E-state index contributed by atoms with van der Waals surface area (Å²) in [5, 5.41) is 28.8. The first kappa shape index (κ1) is 22.8. The van der Waals surface area contributed by atoms with Crippen molar-refractivity contribution in [2.75, 3.05) is 18.5 Å². The predicted octanol–water partition coefficient (Wildman–Crippen LogP) is 1.94. The lowest BCUT2D eigenvalue weighted by atomic mass is 10.1. The van der Waals surface area contributed by atoms with Gasteiger partial charge in [-0.05, 0) is 37.1 Å². The topological polar surface area (TPSA) is 108 Å². The SMILES string of the molecule is C=N/C=c1/cc(Cl)cc/c1=C\c1c(C)nc2c(C#N)c(C(F)F)nn2c1NC1COCC1O. The number of ether oxygens (including phenoxy) is 1. The fourth-order valence-electron chi connectivity index (χ4n) is 3.66. The molecule has 11 heteroatoms. The Labute approximate surface area is 192 Å². The van der Waals surface area contributed by atoms with Gasteiger partial charge in [-0.15, -0.1) is 0 Å². The number of anilines is 1. The zero-order valence-corrected chi connectivity index (χ0v) is 18.2. The molecule has 1 aliphatic rings. The number of aliphatic hydroxyl groups is 1. The number of benzene rings is 1. The summed E-state index contributed by atoms with van der Waals surface area (Å²) in [5.74, 6) is 0.294. The Hall–Kier alpha value is -3.39. The fraction of sp³-hybridized carbons (Fsp3) is 0.273. The number of hydrogen-bond donors (Lipinski definition) is 2. The van der Waals surface area contributed by atoms with E-state index < -0.39 is 24.3 Å². The normalized spacial score (nSPS) is 19.4. The Kier molecular flexibility index (Phi) is 6.37. The van der Waals surface area contributed by atoms with Crippen molar-refractivity contribution in [3.8, 4) is 6.07 Å². The highest BCUT2D eigenvalue weighted by molar-refractivity contribution is 6.30. The highest BCUT2D eigenvalue weighted by Crippen LogP contribution is 2.29. The fourth-order valence-corrected chi connectivity index (χ4v) is 3.84. The number of aromatic nitrogens is 3. The zero-order chi connectivity index (χ0) is 23.7. The summed E-state index contributed by atoms with van der Waals surface area (Å²) in [7, 11) is 0. The van der Waals surface area contributed by atoms with Crippen LogP contribution in [0.5, 0.6) is 0 Å². The van der Waals surface area contributed by atoms with Crippen molar-refractivity contribution in [2.24, 2.45) is 4.99 Å². The van der Waals surface area contributed by atoms with Crippen LogP contribution in [0.15, 0.2) is 23.2 Å². The Bertz CT molecular complexity index is 1400. The summed E-state index contributed by atoms with van der Waals surface area (Å²) in [4.78, 5) is 8.21. The summed E-state index contributed by atoms with van der Waals surface area (Å²) in [6.45, 7) is 5.52. The number of aliphatic hydroxyl groups excluding tert-OH is 1. The van der Waals surface area contributed by atoms with Gasteiger partial charge >= 0.3 is 0 Å². The van der Waals surface area contributed by atoms with E-state index in [4.69, 9.17) is 16.3 Å². The molecule has 0 saturated carbocycles. The summed E-state index contributed by atoms with van der Waals surface area (Å²) < 4.78 is 33.7. The number of hydrogen-bond acceptors (Lipinski definition) is 7. The molecule has 2 aromatic heterocycles. The van der Waals surface area contributed by atoms with E-state index in [1.54, 1.807) is 37.3 Å². The molecule has 0 amide bonds. The minimum absolute atomic E-state index is 0.00555. The van der Waals surface area contributed by atoms with E-state index in [2.05, 4.69) is 27.1 Å². The van der Waals surface area contributed by atoms with E-state index in [0.29, 0.717) is 32.5 Å². The second-order valence-corrected chi connectivity index (χ2v) is 7.89. The van der Waals surface area contributed by atoms with Crippen molar-refractivity contribution in [3.05, 3.63) is 56.2 Å². The molecule has 2 atom stereocenters. The van der Waals surface area contributed by atoms with Crippen molar-refractivity contribution in [2.45, 2.75) is 25.5 Å². The minimum atomic E-state index is -2.96. The van der Waals surface area contributed by atoms with Crippen LogP contribution in [0.25, 0.3) is 17.9 Å². The highest BCUT2D eigenvalue weighted by atomic mass is 35.5. The lowest BCUT2D eigenvalue weighted by Gasteiger charge is -2.19. The van der Waals surface area contributed by atoms with Crippen LogP contribution in [-0.2, 0) is 4.74 Å². The Balaban J connectivity index is 2.05. The van der Waals surface area contributed by atoms with E-state index in [0.717, 1.165) is 0 Å². The molecule has 8 nitrogen and oxygen atoms in total. The van der Waals surface area contributed by atoms with Gasteiger partial charge in [-0.2, -0.15) is 14.9 Å². The second-order valence-electron chi connectivity index (χ2n) is 7.45. The molecule has 0 radical (unpaired) electrons. The molecular weight excluding hydrogens is 454 g/mol. The smallest absolute Gasteiger partial charge is 0.283 e. The molecule has 1 saturated heterocycles. The molecule has 170 valence electrons. The Morgan fingerprint density at radius 3 is 2.85 bits per heavy atom. The summed E-state index contributed by atoms with van der Waals surface area (Å²) in [6, 6.07) is 6.45. The highest BCUT2D eigenvalue weighted by Gasteiger charge is 2.30. The largest absolute Gasteiger partial charge is 0.388 e. The van der Waals surface area contributed by atoms with Gasteiger partial charge in [-0.1, -0.05) is 17.7 Å². The van der Waals surface area contributed by atoms with E-state index in [9.17, 15) is 19.1 Å². The van der Waals surface area contributed by atoms with Gasteiger partial charge in [0.15, 0.2) is 5.65 Å². The first-order valence-corrected chi connectivity index (χ1v) is 10.3. The monoisotopic (exact) mass is 472 g/mol. The van der Waals surface area contributed by atoms with Gasteiger partial charge in [0.05, 0.1) is 31.1 Å². The van der Waals surface area contributed by atoms with E-state index in [1.807, 2.05) is 0 Å². The predicted molar refractivity (Wildman–Crippen MR) is 120 cm³/mol. The molecule has 0 spiro atoms. The lowest BCUT2D eigenvalue weighted by Crippen LogP contribution is -2.33. The molecule has 4 rings (SSSR count). The molecule has 0 aliphatic carbocycles. The van der Waals surface area contributed by atoms with Crippen molar-refractivity contribution in [1.82, 2.24) is 14.6 Å². The number of aliphatic imine (C=N–C) groups is 1. The number of aryl methyl sites for hydroxylation is 1. The Morgan fingerprint density at radius 1 is 1.42 bits per heavy atom. The third-order valence-corrected chi connectivity index (χ3v) is 5.52. The average molecular weight is 473 g/mol. The quantitative estimate of drug-likeness (QED) is 0.549. The maximum atomic E-state index is 13.6. The maximum absolute atomic E-state index is 13.6. The Morgan fingerprint density at radius 2 is 2.21 bits per heavy atom. The van der Waals surface area contributed by atoms with Crippen molar-refractivity contribution in [3.63, 3.8) is 0 Å². The molecule has 1 fully saturated rings. The molecule has 3 heterocycles. The summed E-state index contributed by atoms with van der Waals surface area (Å²) in [5.41, 5.74) is 0.0130. The number of nitriles is 1. The number of halogens is 3. The number of nitrogens with one attached hydrogen (secondary N) is 1. The van der Waals surface area contributed by atoms with Crippen LogP contribution < -0.4 is 15.8 Å². The van der Waals surface area contributed by atoms with Crippen LogP contribution in [0.3, 0.4) is 0 Å². The molecule has 1 aliphatic heterocycles. The average Bonchev–Trinajstić information content (AvgIpc) is 3.35. The first-order valence-electron chi connectivity index (χ1n) is 9.91. The molecule has 2 unspecified atom stereocenters. The van der Waals surface area contributed by atoms with Crippen molar-refractivity contribution < 1.29 is 18.6 Å². The van der Waals surface area contributed by atoms with E-state index in [1.165, 1.54) is 10.7 Å². The van der Waals surface area contributed by atoms with Crippen LogP contribution in [-0.4, -0.2) is 51.8 Å². The molecule has 1 aromatic carbocycles. The van der Waals surface area contributed by atoms with Gasteiger partial charge in [0, 0.05) is 22.0 Å². The van der Waals surface area contributed by atoms with Gasteiger partial charge in [0.25, 0.3) is 6.43 Å². The number of alkyl halides is 2. The van der Waals surface area contributed by atoms with Gasteiger partial charge in [-0.25, -0.2) is 13.8 Å². The standard InChI is InChI=1S/C22H19ClF2N6O2/c1-11-15(6-12-3-4-14(23)5-13(12)8-27-2)21(29-17-9-33-10-18(17)32)31-22(28-11)16(7-26)19(30-31)20(24)25/h3-6,8,17-18,20,29,32H,2,9-10H2,1H3/b12-6+,13-8-. The van der Waals surface area contributed by atoms with Crippen LogP contribution in [0.4, 0.5) is 14.6 Å². The zero-order valence-electron chi connectivity index (χ0n) is 17.5. The van der Waals surface area contributed by atoms with Gasteiger partial charge < -0.3 is 15.2 Å². The summed E-state index contributed by atoms with van der Waals surface area (Å²) >= 11 is 6.11. The van der Waals surface area contributed by atoms with Gasteiger partial charge in [0.1, 0.15) is 23.1 Å². The third kappa shape index (κ3) is 4.30. The molecule has 33 heavy (non-hydrogen) atoms. The van der Waals surface area contributed by atoms with Crippen molar-refractivity contribution in [1.29, 1.82) is 5.26 Å². The first-order chi connectivity index (χ1) is 15.8. The molecular formula is C22H19ClF2N6O2. The van der Waals surface area contributed by atoms with Gasteiger partial charge in [-0.3, -0.25) is 4.99 Å². The minimum Gasteiger partial charge on any atom is -0.388 e. The molecule has 3 aromatic rings. The maximum Gasteiger partial charge on any atom is 0.283 e. The van der Waals surface area contributed by atoms with Crippen molar-refractivity contribution >= 4 is 42.1 Å². The van der Waals surface area contributed by atoms with E-state index >= 15 is 0 Å². The third-order valence-electron chi connectivity index (χ3n) is 5.29. The number of nitrogens with zero attached hydrogens (tertiary/aromatic N) is 5. The van der Waals surface area contributed by atoms with E-state index in [-0.39, 0.29) is 24.4 Å². The van der Waals surface area contributed by atoms with Crippen LogP contribution in [0.2, 0.25) is 5.02 Å². The molecule has 2 N–H and O–H groups in total. The number of rotatable bonds is 5.